The van der Waals surface area contributed by atoms with E-state index < -0.39 is 0 Å². The second-order valence-corrected chi connectivity index (χ2v) is 11.4. The fourth-order valence-corrected chi connectivity index (χ4v) is 6.07. The SMILES string of the molecule is CC(C)c1cnn2c(NC3CC4CCC(C3)N4C(=O)OC3(C)CNC3)nc(NC3CCOCC3)nc12. The predicted octanol–water partition coefficient (Wildman–Crippen LogP) is 2.74. The van der Waals surface area contributed by atoms with Crippen LogP contribution in [0.2, 0.25) is 0 Å². The maximum absolute atomic E-state index is 13.0. The zero-order valence-electron chi connectivity index (χ0n) is 21.5. The first kappa shape index (κ1) is 23.7. The van der Waals surface area contributed by atoms with E-state index in [4.69, 9.17) is 19.4 Å². The first-order valence-electron chi connectivity index (χ1n) is 13.5. The third-order valence-corrected chi connectivity index (χ3v) is 8.18. The van der Waals surface area contributed by atoms with Crippen molar-refractivity contribution in [3.63, 3.8) is 0 Å². The summed E-state index contributed by atoms with van der Waals surface area (Å²) in [5.41, 5.74) is 1.57. The molecule has 2 aromatic rings. The van der Waals surface area contributed by atoms with Gasteiger partial charge in [0.15, 0.2) is 5.65 Å². The molecule has 4 saturated heterocycles. The Labute approximate surface area is 211 Å². The van der Waals surface area contributed by atoms with E-state index >= 15 is 0 Å². The summed E-state index contributed by atoms with van der Waals surface area (Å²) in [5.74, 6) is 1.64. The lowest BCUT2D eigenvalue weighted by molar-refractivity contribution is -0.0405. The summed E-state index contributed by atoms with van der Waals surface area (Å²) >= 11 is 0. The molecule has 2 aromatic heterocycles. The van der Waals surface area contributed by atoms with Crippen LogP contribution in [-0.2, 0) is 9.47 Å². The number of fused-ring (bicyclic) bond motifs is 3. The van der Waals surface area contributed by atoms with E-state index in [2.05, 4.69) is 34.9 Å². The summed E-state index contributed by atoms with van der Waals surface area (Å²) in [4.78, 5) is 24.7. The lowest BCUT2D eigenvalue weighted by Gasteiger charge is -2.43. The highest BCUT2D eigenvalue weighted by Crippen LogP contribution is 2.38. The van der Waals surface area contributed by atoms with Gasteiger partial charge in [0.1, 0.15) is 5.60 Å². The standard InChI is InChI=1S/C25H38N8O3/c1-15(2)20-12-27-33-21(20)30-22(28-16-6-8-35-9-7-16)31-23(33)29-17-10-18-4-5-19(11-17)32(18)24(34)36-25(3)13-26-14-25/h12,15-19,26H,4-11,13-14H2,1-3H3,(H2,28,29,30,31). The van der Waals surface area contributed by atoms with Gasteiger partial charge in [0.25, 0.3) is 0 Å². The van der Waals surface area contributed by atoms with Crippen LogP contribution >= 0.6 is 0 Å². The van der Waals surface area contributed by atoms with Gasteiger partial charge in [0, 0.05) is 56.0 Å². The first-order valence-corrected chi connectivity index (χ1v) is 13.5. The van der Waals surface area contributed by atoms with Crippen LogP contribution in [0.1, 0.15) is 70.8 Å². The molecule has 0 saturated carbocycles. The minimum Gasteiger partial charge on any atom is -0.440 e. The van der Waals surface area contributed by atoms with E-state index in [1.807, 2.05) is 22.5 Å². The zero-order valence-corrected chi connectivity index (χ0v) is 21.5. The summed E-state index contributed by atoms with van der Waals surface area (Å²) in [5, 5.41) is 15.0. The lowest BCUT2D eigenvalue weighted by atomic mass is 9.97. The van der Waals surface area contributed by atoms with E-state index in [9.17, 15) is 4.79 Å². The van der Waals surface area contributed by atoms with Gasteiger partial charge in [-0.3, -0.25) is 0 Å². The van der Waals surface area contributed by atoms with Crippen LogP contribution in [0, 0.1) is 0 Å². The normalized spacial score (nSPS) is 27.8. The second-order valence-electron chi connectivity index (χ2n) is 11.4. The Bertz CT molecular complexity index is 1100. The average Bonchev–Trinajstić information content (AvgIpc) is 3.38. The van der Waals surface area contributed by atoms with E-state index in [0.29, 0.717) is 23.9 Å². The average molecular weight is 499 g/mol. The molecule has 1 amide bonds. The van der Waals surface area contributed by atoms with Crippen LogP contribution in [0.5, 0.6) is 0 Å². The van der Waals surface area contributed by atoms with Crippen molar-refractivity contribution in [3.8, 4) is 0 Å². The van der Waals surface area contributed by atoms with E-state index in [0.717, 1.165) is 76.0 Å². The van der Waals surface area contributed by atoms with Crippen molar-refractivity contribution in [2.75, 3.05) is 36.9 Å². The van der Waals surface area contributed by atoms with Crippen molar-refractivity contribution in [2.24, 2.45) is 0 Å². The molecule has 6 rings (SSSR count). The van der Waals surface area contributed by atoms with Crippen LogP contribution in [-0.4, -0.2) is 86.6 Å². The van der Waals surface area contributed by atoms with Crippen molar-refractivity contribution in [3.05, 3.63) is 11.8 Å². The molecule has 6 heterocycles. The topological polar surface area (TPSA) is 118 Å². The van der Waals surface area contributed by atoms with Crippen LogP contribution in [0.3, 0.4) is 0 Å². The smallest absolute Gasteiger partial charge is 0.410 e. The second kappa shape index (κ2) is 9.33. The van der Waals surface area contributed by atoms with Gasteiger partial charge in [0.05, 0.1) is 6.20 Å². The molecule has 196 valence electrons. The third kappa shape index (κ3) is 4.47. The molecule has 4 aliphatic heterocycles. The van der Waals surface area contributed by atoms with Crippen molar-refractivity contribution in [2.45, 2.75) is 95.0 Å². The molecule has 0 aromatic carbocycles. The van der Waals surface area contributed by atoms with Gasteiger partial charge in [-0.05, 0) is 51.4 Å². The van der Waals surface area contributed by atoms with Gasteiger partial charge < -0.3 is 30.3 Å². The molecule has 0 radical (unpaired) electrons. The Balaban J connectivity index is 1.21. The molecule has 2 atom stereocenters. The van der Waals surface area contributed by atoms with Crippen LogP contribution in [0.25, 0.3) is 5.65 Å². The molecule has 2 bridgehead atoms. The van der Waals surface area contributed by atoms with Gasteiger partial charge in [-0.2, -0.15) is 19.6 Å². The highest BCUT2D eigenvalue weighted by atomic mass is 16.6. The number of nitrogens with one attached hydrogen (secondary N) is 3. The molecule has 0 spiro atoms. The Kier molecular flexibility index (Phi) is 6.15. The fraction of sp³-hybridized carbons (Fsp3) is 0.760. The zero-order chi connectivity index (χ0) is 24.9. The molecular weight excluding hydrogens is 460 g/mol. The van der Waals surface area contributed by atoms with E-state index in [1.165, 1.54) is 0 Å². The molecule has 2 unspecified atom stereocenters. The third-order valence-electron chi connectivity index (χ3n) is 8.18. The maximum atomic E-state index is 13.0. The monoisotopic (exact) mass is 498 g/mol. The number of carbonyl (C=O) groups is 1. The van der Waals surface area contributed by atoms with E-state index in [-0.39, 0.29) is 29.8 Å². The summed E-state index contributed by atoms with van der Waals surface area (Å²) in [7, 11) is 0. The van der Waals surface area contributed by atoms with Crippen molar-refractivity contribution in [1.29, 1.82) is 0 Å². The van der Waals surface area contributed by atoms with Gasteiger partial charge >= 0.3 is 6.09 Å². The van der Waals surface area contributed by atoms with E-state index in [1.54, 1.807) is 0 Å². The molecule has 0 aliphatic carbocycles. The summed E-state index contributed by atoms with van der Waals surface area (Å²) in [6.07, 6.45) is 7.40. The minimum absolute atomic E-state index is 0.161. The quantitative estimate of drug-likeness (QED) is 0.552. The Morgan fingerprint density at radius 2 is 1.83 bits per heavy atom. The Morgan fingerprint density at radius 1 is 1.11 bits per heavy atom. The molecule has 36 heavy (non-hydrogen) atoms. The summed E-state index contributed by atoms with van der Waals surface area (Å²) < 4.78 is 13.2. The van der Waals surface area contributed by atoms with Crippen molar-refractivity contribution < 1.29 is 14.3 Å². The summed E-state index contributed by atoms with van der Waals surface area (Å²) in [6.45, 7) is 9.28. The number of hydrogen-bond donors (Lipinski definition) is 3. The van der Waals surface area contributed by atoms with Gasteiger partial charge in [0.2, 0.25) is 11.9 Å². The molecule has 11 heteroatoms. The largest absolute Gasteiger partial charge is 0.440 e. The Hall–Kier alpha value is -2.66. The maximum Gasteiger partial charge on any atom is 0.410 e. The van der Waals surface area contributed by atoms with Crippen LogP contribution < -0.4 is 16.0 Å². The number of hydrogen-bond acceptors (Lipinski definition) is 9. The summed E-state index contributed by atoms with van der Waals surface area (Å²) in [6, 6.07) is 0.878. The van der Waals surface area contributed by atoms with Gasteiger partial charge in [-0.1, -0.05) is 13.8 Å². The van der Waals surface area contributed by atoms with Crippen molar-refractivity contribution in [1.82, 2.24) is 29.8 Å². The number of nitrogens with zero attached hydrogens (tertiary/aromatic N) is 5. The highest BCUT2D eigenvalue weighted by molar-refractivity contribution is 5.70. The number of amides is 1. The number of piperidine rings is 1. The van der Waals surface area contributed by atoms with Crippen molar-refractivity contribution >= 4 is 23.6 Å². The highest BCUT2D eigenvalue weighted by Gasteiger charge is 2.47. The lowest BCUT2D eigenvalue weighted by Crippen LogP contribution is -2.62. The van der Waals surface area contributed by atoms with Gasteiger partial charge in [-0.25, -0.2) is 4.79 Å². The first-order chi connectivity index (χ1) is 17.4. The molecule has 11 nitrogen and oxygen atoms in total. The fourth-order valence-electron chi connectivity index (χ4n) is 6.07. The number of rotatable bonds is 6. The van der Waals surface area contributed by atoms with Crippen LogP contribution in [0.15, 0.2) is 6.20 Å². The number of ether oxygens (including phenoxy) is 2. The van der Waals surface area contributed by atoms with Gasteiger partial charge in [-0.15, -0.1) is 0 Å². The van der Waals surface area contributed by atoms with Crippen LogP contribution in [0.4, 0.5) is 16.7 Å². The minimum atomic E-state index is -0.375. The number of aromatic nitrogens is 4. The predicted molar refractivity (Wildman–Crippen MR) is 135 cm³/mol. The molecule has 4 fully saturated rings. The number of carbonyl (C=O) groups excluding carboxylic acids is 1. The number of anilines is 2. The molecule has 4 aliphatic rings. The molecular formula is C25H38N8O3. The Morgan fingerprint density at radius 3 is 2.47 bits per heavy atom. The molecule has 3 N–H and O–H groups in total.